The lowest BCUT2D eigenvalue weighted by Crippen LogP contribution is -2.26. The summed E-state index contributed by atoms with van der Waals surface area (Å²) in [5.41, 5.74) is 1.70. The highest BCUT2D eigenvalue weighted by Crippen LogP contribution is 2.47. The van der Waals surface area contributed by atoms with Crippen LogP contribution in [0.4, 0.5) is 14.6 Å². The topological polar surface area (TPSA) is 91.7 Å². The maximum Gasteiger partial charge on any atom is 0.311 e. The average molecular weight is 454 g/mol. The predicted octanol–water partition coefficient (Wildman–Crippen LogP) is 5.06. The Labute approximate surface area is 189 Å². The van der Waals surface area contributed by atoms with Gasteiger partial charge in [0.2, 0.25) is 0 Å². The van der Waals surface area contributed by atoms with E-state index in [0.717, 1.165) is 24.5 Å². The number of aromatic nitrogens is 1. The van der Waals surface area contributed by atoms with Gasteiger partial charge in [-0.25, -0.2) is 13.8 Å². The van der Waals surface area contributed by atoms with Crippen molar-refractivity contribution in [1.29, 1.82) is 0 Å². The molecule has 0 bridgehead atoms. The van der Waals surface area contributed by atoms with Gasteiger partial charge in [0.05, 0.1) is 10.9 Å². The summed E-state index contributed by atoms with van der Waals surface area (Å²) in [6.45, 7) is 1.34. The molecule has 1 saturated carbocycles. The first-order valence-corrected chi connectivity index (χ1v) is 11.0. The van der Waals surface area contributed by atoms with Crippen LogP contribution in [0.2, 0.25) is 0 Å². The number of halogens is 2. The summed E-state index contributed by atoms with van der Waals surface area (Å²) in [5.74, 6) is -2.16. The Bertz CT molecular complexity index is 1240. The zero-order valence-electron chi connectivity index (χ0n) is 17.9. The van der Waals surface area contributed by atoms with Gasteiger partial charge in [0.15, 0.2) is 11.6 Å². The smallest absolute Gasteiger partial charge is 0.311 e. The molecule has 6 nitrogen and oxygen atoms in total. The van der Waals surface area contributed by atoms with Crippen LogP contribution in [-0.4, -0.2) is 40.9 Å². The fourth-order valence-corrected chi connectivity index (χ4v) is 4.62. The first-order chi connectivity index (χ1) is 15.9. The Morgan fingerprint density at radius 3 is 2.55 bits per heavy atom. The monoisotopic (exact) mass is 454 g/mol. The minimum Gasteiger partial charge on any atom is -0.508 e. The molecule has 0 amide bonds. The molecule has 33 heavy (non-hydrogen) atoms. The third-order valence-electron chi connectivity index (χ3n) is 6.75. The Kier molecular flexibility index (Phi) is 5.40. The second-order valence-electron chi connectivity index (χ2n) is 8.91. The van der Waals surface area contributed by atoms with Crippen LogP contribution in [0, 0.1) is 17.0 Å². The van der Waals surface area contributed by atoms with Crippen LogP contribution in [0.5, 0.6) is 5.75 Å². The van der Waals surface area contributed by atoms with Crippen LogP contribution in [0.3, 0.4) is 0 Å². The Balaban J connectivity index is 1.73. The maximum atomic E-state index is 14.3. The number of carboxylic acids is 1. The number of benzene rings is 2. The molecule has 0 spiro atoms. The number of ether oxygens (including phenoxy) is 1. The number of hydrogen-bond donors (Lipinski definition) is 3. The van der Waals surface area contributed by atoms with Crippen molar-refractivity contribution >= 4 is 22.7 Å². The molecule has 5 rings (SSSR count). The summed E-state index contributed by atoms with van der Waals surface area (Å²) in [6, 6.07) is 8.58. The number of rotatable bonds is 6. The number of nitrogens with one attached hydrogen (secondary N) is 1. The number of anilines is 1. The molecule has 2 fully saturated rings. The van der Waals surface area contributed by atoms with E-state index in [-0.39, 0.29) is 18.2 Å². The fourth-order valence-electron chi connectivity index (χ4n) is 4.62. The SMILES string of the molecule is O=C(O)C1(CNc2nc3cc(O)ccc3c(-c3ccc(F)c(F)c3)c2C2CCOCC2)CC1. The summed E-state index contributed by atoms with van der Waals surface area (Å²) in [6.07, 6.45) is 2.63. The first kappa shape index (κ1) is 21.6. The average Bonchev–Trinajstić information content (AvgIpc) is 3.60. The maximum absolute atomic E-state index is 14.3. The number of fused-ring (bicyclic) bond motifs is 1. The van der Waals surface area contributed by atoms with Gasteiger partial charge in [-0.1, -0.05) is 6.07 Å². The van der Waals surface area contributed by atoms with Gasteiger partial charge in [0.25, 0.3) is 0 Å². The van der Waals surface area contributed by atoms with Gasteiger partial charge in [0, 0.05) is 36.8 Å². The largest absolute Gasteiger partial charge is 0.508 e. The quantitative estimate of drug-likeness (QED) is 0.483. The van der Waals surface area contributed by atoms with Crippen LogP contribution in [-0.2, 0) is 9.53 Å². The molecule has 1 aliphatic carbocycles. The summed E-state index contributed by atoms with van der Waals surface area (Å²) < 4.78 is 33.6. The minimum atomic E-state index is -0.952. The third kappa shape index (κ3) is 3.99. The number of carboxylic acid groups (broad SMARTS) is 1. The first-order valence-electron chi connectivity index (χ1n) is 11.0. The van der Waals surface area contributed by atoms with Gasteiger partial charge in [-0.2, -0.15) is 0 Å². The Hall–Kier alpha value is -3.26. The van der Waals surface area contributed by atoms with Crippen molar-refractivity contribution in [2.24, 2.45) is 5.41 Å². The molecule has 8 heteroatoms. The van der Waals surface area contributed by atoms with E-state index >= 15 is 0 Å². The van der Waals surface area contributed by atoms with E-state index in [0.29, 0.717) is 53.9 Å². The lowest BCUT2D eigenvalue weighted by Gasteiger charge is -2.28. The van der Waals surface area contributed by atoms with Crippen molar-refractivity contribution in [1.82, 2.24) is 4.98 Å². The van der Waals surface area contributed by atoms with Gasteiger partial charge in [0.1, 0.15) is 11.6 Å². The van der Waals surface area contributed by atoms with Gasteiger partial charge < -0.3 is 20.3 Å². The number of pyridine rings is 1. The number of phenolic OH excluding ortho intramolecular Hbond substituents is 1. The summed E-state index contributed by atoms with van der Waals surface area (Å²) in [5, 5.41) is 23.6. The molecule has 2 aromatic carbocycles. The van der Waals surface area contributed by atoms with Crippen molar-refractivity contribution in [2.75, 3.05) is 25.1 Å². The van der Waals surface area contributed by atoms with E-state index in [1.165, 1.54) is 24.3 Å². The van der Waals surface area contributed by atoms with E-state index in [1.807, 2.05) is 0 Å². The van der Waals surface area contributed by atoms with Crippen LogP contribution in [0.15, 0.2) is 36.4 Å². The van der Waals surface area contributed by atoms with Crippen LogP contribution in [0.25, 0.3) is 22.0 Å². The van der Waals surface area contributed by atoms with Crippen molar-refractivity contribution in [2.45, 2.75) is 31.6 Å². The Morgan fingerprint density at radius 2 is 1.88 bits per heavy atom. The molecule has 2 heterocycles. The van der Waals surface area contributed by atoms with E-state index in [2.05, 4.69) is 5.32 Å². The number of carbonyl (C=O) groups is 1. The number of aromatic hydroxyl groups is 1. The number of aliphatic carboxylic acids is 1. The second kappa shape index (κ2) is 8.26. The van der Waals surface area contributed by atoms with Crippen LogP contribution < -0.4 is 5.32 Å². The molecule has 2 aliphatic rings. The van der Waals surface area contributed by atoms with E-state index in [4.69, 9.17) is 9.72 Å². The number of nitrogens with zero attached hydrogens (tertiary/aromatic N) is 1. The molecule has 0 radical (unpaired) electrons. The third-order valence-corrected chi connectivity index (χ3v) is 6.75. The van der Waals surface area contributed by atoms with Gasteiger partial charge in [-0.05, 0) is 67.0 Å². The van der Waals surface area contributed by atoms with Crippen molar-refractivity contribution < 1.29 is 28.5 Å². The molecule has 1 saturated heterocycles. The zero-order valence-corrected chi connectivity index (χ0v) is 17.9. The van der Waals surface area contributed by atoms with Crippen LogP contribution >= 0.6 is 0 Å². The molecule has 3 aromatic rings. The number of hydrogen-bond acceptors (Lipinski definition) is 5. The lowest BCUT2D eigenvalue weighted by molar-refractivity contribution is -0.142. The molecule has 1 aliphatic heterocycles. The number of phenols is 1. The normalized spacial score (nSPS) is 17.8. The standard InChI is InChI=1S/C25H24F2N2O4/c26-18-4-1-15(11-19(18)27)21-17-3-2-16(30)12-20(17)29-23(22(21)14-5-9-33-10-6-14)28-13-25(7-8-25)24(31)32/h1-4,11-12,14,30H,5-10,13H2,(H,28,29)(H,31,32). The summed E-state index contributed by atoms with van der Waals surface area (Å²) in [7, 11) is 0. The van der Waals surface area contributed by atoms with Crippen molar-refractivity contribution in [3.05, 3.63) is 53.6 Å². The highest BCUT2D eigenvalue weighted by Gasteiger charge is 2.50. The van der Waals surface area contributed by atoms with Gasteiger partial charge in [-0.15, -0.1) is 0 Å². The molecular formula is C25H24F2N2O4. The molecule has 172 valence electrons. The fraction of sp³-hybridized carbons (Fsp3) is 0.360. The summed E-state index contributed by atoms with van der Waals surface area (Å²) in [4.78, 5) is 16.5. The molecular weight excluding hydrogens is 430 g/mol. The van der Waals surface area contributed by atoms with Crippen molar-refractivity contribution in [3.63, 3.8) is 0 Å². The highest BCUT2D eigenvalue weighted by molar-refractivity contribution is 5.99. The van der Waals surface area contributed by atoms with Crippen LogP contribution in [0.1, 0.15) is 37.2 Å². The van der Waals surface area contributed by atoms with Gasteiger partial charge >= 0.3 is 5.97 Å². The molecule has 1 aromatic heterocycles. The van der Waals surface area contributed by atoms with Crippen molar-refractivity contribution in [3.8, 4) is 16.9 Å². The van der Waals surface area contributed by atoms with E-state index < -0.39 is 23.0 Å². The molecule has 3 N–H and O–H groups in total. The zero-order chi connectivity index (χ0) is 23.2. The molecule has 0 unspecified atom stereocenters. The second-order valence-corrected chi connectivity index (χ2v) is 8.91. The highest BCUT2D eigenvalue weighted by atomic mass is 19.2. The lowest BCUT2D eigenvalue weighted by atomic mass is 9.84. The van der Waals surface area contributed by atoms with E-state index in [9.17, 15) is 23.8 Å². The van der Waals surface area contributed by atoms with Gasteiger partial charge in [-0.3, -0.25) is 4.79 Å². The molecule has 0 atom stereocenters. The Morgan fingerprint density at radius 1 is 1.12 bits per heavy atom. The minimum absolute atomic E-state index is 0.0280. The predicted molar refractivity (Wildman–Crippen MR) is 119 cm³/mol. The van der Waals surface area contributed by atoms with E-state index in [1.54, 1.807) is 6.07 Å². The summed E-state index contributed by atoms with van der Waals surface area (Å²) >= 11 is 0.